The number of nitrogens with zero attached hydrogens (tertiary/aromatic N) is 3. The van der Waals surface area contributed by atoms with E-state index in [4.69, 9.17) is 16.3 Å². The molecule has 0 aliphatic rings. The summed E-state index contributed by atoms with van der Waals surface area (Å²) in [6.07, 6.45) is 1.11. The molecular weight excluding hydrogens is 500 g/mol. The first kappa shape index (κ1) is 27.9. The highest BCUT2D eigenvalue weighted by Crippen LogP contribution is 2.34. The molecule has 2 aromatic carbocycles. The molecule has 0 bridgehead atoms. The van der Waals surface area contributed by atoms with E-state index in [1.165, 1.54) is 25.1 Å². The van der Waals surface area contributed by atoms with Crippen molar-refractivity contribution in [1.29, 1.82) is 0 Å². The van der Waals surface area contributed by atoms with Crippen LogP contribution in [0.25, 0.3) is 0 Å². The summed E-state index contributed by atoms with van der Waals surface area (Å²) in [6, 6.07) is 9.27. The summed E-state index contributed by atoms with van der Waals surface area (Å²) in [5.74, 6) is -1.13. The maximum Gasteiger partial charge on any atom is 0.271 e. The highest BCUT2D eigenvalue weighted by atomic mass is 35.5. The van der Waals surface area contributed by atoms with Crippen molar-refractivity contribution in [2.24, 2.45) is 0 Å². The monoisotopic (exact) mass is 526 g/mol. The molecule has 0 fully saturated rings. The number of carbonyl (C=O) groups is 2. The van der Waals surface area contributed by atoms with Gasteiger partial charge in [0, 0.05) is 30.7 Å². The fraction of sp³-hybridized carbons (Fsp3) is 0.364. The molecule has 13 heteroatoms. The number of rotatable bonds is 11. The Balaban J connectivity index is 2.57. The molecular formula is C22H27ClN4O7S. The van der Waals surface area contributed by atoms with Gasteiger partial charge < -0.3 is 15.0 Å². The van der Waals surface area contributed by atoms with E-state index >= 15 is 0 Å². The number of halogens is 1. The number of amides is 2. The summed E-state index contributed by atoms with van der Waals surface area (Å²) in [7, 11) is -1.40. The number of benzene rings is 2. The lowest BCUT2D eigenvalue weighted by molar-refractivity contribution is -0.384. The van der Waals surface area contributed by atoms with E-state index < -0.39 is 39.3 Å². The van der Waals surface area contributed by atoms with Crippen LogP contribution in [0.4, 0.5) is 11.4 Å². The lowest BCUT2D eigenvalue weighted by Gasteiger charge is -2.33. The number of nitrogens with one attached hydrogen (secondary N) is 1. The smallest absolute Gasteiger partial charge is 0.271 e. The molecule has 0 unspecified atom stereocenters. The fourth-order valence-corrected chi connectivity index (χ4v) is 4.52. The van der Waals surface area contributed by atoms with Crippen LogP contribution in [0, 0.1) is 10.1 Å². The lowest BCUT2D eigenvalue weighted by atomic mass is 10.1. The topological polar surface area (TPSA) is 139 Å². The number of anilines is 1. The zero-order valence-corrected chi connectivity index (χ0v) is 21.3. The number of hydrogen-bond donors (Lipinski definition) is 1. The molecule has 190 valence electrons. The second-order valence-corrected chi connectivity index (χ2v) is 9.85. The van der Waals surface area contributed by atoms with Gasteiger partial charge in [-0.25, -0.2) is 8.42 Å². The normalized spacial score (nSPS) is 11.9. The number of nitro groups is 1. The number of carbonyl (C=O) groups excluding carboxylic acids is 2. The van der Waals surface area contributed by atoms with Crippen molar-refractivity contribution in [3.05, 3.63) is 63.2 Å². The van der Waals surface area contributed by atoms with Crippen molar-refractivity contribution in [1.82, 2.24) is 10.2 Å². The molecule has 0 aliphatic heterocycles. The number of nitro benzene ring substituents is 1. The van der Waals surface area contributed by atoms with E-state index in [-0.39, 0.29) is 30.1 Å². The predicted octanol–water partition coefficient (Wildman–Crippen LogP) is 2.58. The summed E-state index contributed by atoms with van der Waals surface area (Å²) >= 11 is 6.27. The molecule has 2 aromatic rings. The Kier molecular flexibility index (Phi) is 9.43. The summed E-state index contributed by atoms with van der Waals surface area (Å²) in [5, 5.41) is 14.2. The molecule has 35 heavy (non-hydrogen) atoms. The first-order chi connectivity index (χ1) is 16.4. The van der Waals surface area contributed by atoms with Crippen LogP contribution in [0.2, 0.25) is 5.02 Å². The molecule has 2 rings (SSSR count). The largest absolute Gasteiger partial charge is 0.495 e. The number of hydrogen-bond acceptors (Lipinski definition) is 7. The number of methoxy groups -OCH3 is 1. The SMILES string of the molecule is CC[C@@H](C(=O)NC)N(Cc1ccccc1Cl)C(=O)CN(c1cc([N+](=O)[O-])ccc1OC)S(C)(=O)=O. The van der Waals surface area contributed by atoms with Crippen LogP contribution in [-0.2, 0) is 26.2 Å². The summed E-state index contributed by atoms with van der Waals surface area (Å²) in [4.78, 5) is 38.0. The Morgan fingerprint density at radius 1 is 1.23 bits per heavy atom. The van der Waals surface area contributed by atoms with Gasteiger partial charge in [0.05, 0.1) is 18.3 Å². The average molecular weight is 527 g/mol. The van der Waals surface area contributed by atoms with Crippen molar-refractivity contribution in [2.75, 3.05) is 31.3 Å². The third-order valence-electron chi connectivity index (χ3n) is 5.25. The lowest BCUT2D eigenvalue weighted by Crippen LogP contribution is -2.51. The van der Waals surface area contributed by atoms with Crippen LogP contribution in [-0.4, -0.2) is 63.1 Å². The van der Waals surface area contributed by atoms with Crippen molar-refractivity contribution in [3.8, 4) is 5.75 Å². The minimum absolute atomic E-state index is 0.0184. The summed E-state index contributed by atoms with van der Waals surface area (Å²) < 4.78 is 31.3. The molecule has 0 radical (unpaired) electrons. The van der Waals surface area contributed by atoms with E-state index in [0.29, 0.717) is 10.6 Å². The quantitative estimate of drug-likeness (QED) is 0.350. The van der Waals surface area contributed by atoms with E-state index in [1.807, 2.05) is 0 Å². The van der Waals surface area contributed by atoms with Crippen LogP contribution in [0.1, 0.15) is 18.9 Å². The molecule has 2 amide bonds. The minimum atomic E-state index is -4.10. The Bertz CT molecular complexity index is 1210. The van der Waals surface area contributed by atoms with Crippen LogP contribution >= 0.6 is 11.6 Å². The average Bonchev–Trinajstić information content (AvgIpc) is 2.81. The minimum Gasteiger partial charge on any atom is -0.495 e. The van der Waals surface area contributed by atoms with E-state index in [1.54, 1.807) is 31.2 Å². The van der Waals surface area contributed by atoms with Gasteiger partial charge in [-0.3, -0.25) is 24.0 Å². The molecule has 0 saturated heterocycles. The van der Waals surface area contributed by atoms with E-state index in [0.717, 1.165) is 22.7 Å². The van der Waals surface area contributed by atoms with Crippen molar-refractivity contribution in [3.63, 3.8) is 0 Å². The number of sulfonamides is 1. The zero-order chi connectivity index (χ0) is 26.3. The molecule has 0 saturated carbocycles. The van der Waals surface area contributed by atoms with Crippen molar-refractivity contribution < 1.29 is 27.7 Å². The number of likely N-dealkylation sites (N-methyl/N-ethyl adjacent to an activating group) is 1. The van der Waals surface area contributed by atoms with Crippen LogP contribution < -0.4 is 14.4 Å². The molecule has 0 spiro atoms. The fourth-order valence-electron chi connectivity index (χ4n) is 3.48. The molecule has 0 aromatic heterocycles. The van der Waals surface area contributed by atoms with Crippen LogP contribution in [0.15, 0.2) is 42.5 Å². The third kappa shape index (κ3) is 6.83. The summed E-state index contributed by atoms with van der Waals surface area (Å²) in [6.45, 7) is 0.924. The Morgan fingerprint density at radius 3 is 2.40 bits per heavy atom. The number of non-ortho nitro benzene ring substituents is 1. The molecule has 1 atom stereocenters. The van der Waals surface area contributed by atoms with Gasteiger partial charge in [0.15, 0.2) is 0 Å². The Morgan fingerprint density at radius 2 is 1.89 bits per heavy atom. The number of ether oxygens (including phenoxy) is 1. The maximum absolute atomic E-state index is 13.6. The molecule has 11 nitrogen and oxygen atoms in total. The first-order valence-electron chi connectivity index (χ1n) is 10.5. The van der Waals surface area contributed by atoms with Gasteiger partial charge in [0.2, 0.25) is 21.8 Å². The second-order valence-electron chi connectivity index (χ2n) is 7.53. The standard InChI is InChI=1S/C22H27ClN4O7S/c1-5-18(22(29)24-2)25(13-15-8-6-7-9-17(15)23)21(28)14-26(35(4,32)33)19-12-16(27(30)31)10-11-20(19)34-3/h6-12,18H,5,13-14H2,1-4H3,(H,24,29)/t18-/m0/s1. The van der Waals surface area contributed by atoms with Gasteiger partial charge in [-0.2, -0.15) is 0 Å². The highest BCUT2D eigenvalue weighted by Gasteiger charge is 2.33. The Hall–Kier alpha value is -3.38. The second kappa shape index (κ2) is 11.8. The van der Waals surface area contributed by atoms with Crippen molar-refractivity contribution >= 4 is 44.8 Å². The van der Waals surface area contributed by atoms with Gasteiger partial charge in [-0.1, -0.05) is 36.7 Å². The Labute approximate surface area is 208 Å². The maximum atomic E-state index is 13.6. The highest BCUT2D eigenvalue weighted by molar-refractivity contribution is 7.92. The van der Waals surface area contributed by atoms with Gasteiger partial charge in [0.1, 0.15) is 24.0 Å². The third-order valence-corrected chi connectivity index (χ3v) is 6.75. The van der Waals surface area contributed by atoms with Gasteiger partial charge in [-0.05, 0) is 24.1 Å². The van der Waals surface area contributed by atoms with Gasteiger partial charge >= 0.3 is 0 Å². The van der Waals surface area contributed by atoms with E-state index in [2.05, 4.69) is 5.32 Å². The van der Waals surface area contributed by atoms with Gasteiger partial charge in [-0.15, -0.1) is 0 Å². The van der Waals surface area contributed by atoms with Gasteiger partial charge in [0.25, 0.3) is 5.69 Å². The molecule has 0 aliphatic carbocycles. The van der Waals surface area contributed by atoms with Crippen LogP contribution in [0.5, 0.6) is 5.75 Å². The predicted molar refractivity (Wildman–Crippen MR) is 132 cm³/mol. The van der Waals surface area contributed by atoms with E-state index in [9.17, 15) is 28.1 Å². The van der Waals surface area contributed by atoms with Crippen molar-refractivity contribution in [2.45, 2.75) is 25.9 Å². The summed E-state index contributed by atoms with van der Waals surface area (Å²) in [5.41, 5.74) is -0.00134. The molecule has 1 N–H and O–H groups in total. The first-order valence-corrected chi connectivity index (χ1v) is 12.7. The van der Waals surface area contributed by atoms with Crippen LogP contribution in [0.3, 0.4) is 0 Å². The zero-order valence-electron chi connectivity index (χ0n) is 19.7. The molecule has 0 heterocycles.